The Hall–Kier alpha value is -1.56. The molecule has 2 amide bonds. The van der Waals surface area contributed by atoms with E-state index < -0.39 is 18.0 Å². The Bertz CT molecular complexity index is 465. The van der Waals surface area contributed by atoms with E-state index in [2.05, 4.69) is 26.6 Å². The van der Waals surface area contributed by atoms with Crippen molar-refractivity contribution in [3.8, 4) is 0 Å². The van der Waals surface area contributed by atoms with Crippen LogP contribution in [0, 0.1) is 5.92 Å². The largest absolute Gasteiger partial charge is 0.480 e. The highest BCUT2D eigenvalue weighted by molar-refractivity contribution is 9.10. The topological polar surface area (TPSA) is 78.4 Å². The van der Waals surface area contributed by atoms with Gasteiger partial charge in [-0.25, -0.2) is 9.59 Å². The molecule has 0 fully saturated rings. The quantitative estimate of drug-likeness (QED) is 0.777. The molecule has 0 saturated heterocycles. The standard InChI is InChI=1S/C13H17BrN2O3/c1-3-8(2)11(12(17)18)16-13(19)15-10-7-5-4-6-9(10)14/h4-8,11H,3H2,1-2H3,(H,17,18)(H2,15,16,19)/t8?,11-/m0/s1. The fourth-order valence-corrected chi connectivity index (χ4v) is 1.93. The number of carbonyl (C=O) groups is 2. The number of benzene rings is 1. The fraction of sp³-hybridized carbons (Fsp3) is 0.385. The van der Waals surface area contributed by atoms with E-state index in [4.69, 9.17) is 5.11 Å². The van der Waals surface area contributed by atoms with Gasteiger partial charge in [0.15, 0.2) is 0 Å². The highest BCUT2D eigenvalue weighted by Gasteiger charge is 2.25. The van der Waals surface area contributed by atoms with Crippen molar-refractivity contribution in [2.75, 3.05) is 5.32 Å². The van der Waals surface area contributed by atoms with Gasteiger partial charge in [-0.15, -0.1) is 0 Å². The second-order valence-electron chi connectivity index (χ2n) is 4.28. The monoisotopic (exact) mass is 328 g/mol. The molecule has 1 rings (SSSR count). The summed E-state index contributed by atoms with van der Waals surface area (Å²) in [6.45, 7) is 3.67. The van der Waals surface area contributed by atoms with Crippen LogP contribution >= 0.6 is 15.9 Å². The van der Waals surface area contributed by atoms with Gasteiger partial charge in [-0.3, -0.25) is 0 Å². The minimum atomic E-state index is -1.03. The zero-order valence-electron chi connectivity index (χ0n) is 10.8. The van der Waals surface area contributed by atoms with Crippen molar-refractivity contribution in [3.63, 3.8) is 0 Å². The first kappa shape index (κ1) is 15.5. The Morgan fingerprint density at radius 3 is 2.53 bits per heavy atom. The number of para-hydroxylation sites is 1. The van der Waals surface area contributed by atoms with E-state index in [-0.39, 0.29) is 5.92 Å². The van der Waals surface area contributed by atoms with Crippen molar-refractivity contribution in [3.05, 3.63) is 28.7 Å². The highest BCUT2D eigenvalue weighted by Crippen LogP contribution is 2.21. The van der Waals surface area contributed by atoms with Crippen LogP contribution in [-0.4, -0.2) is 23.1 Å². The zero-order valence-corrected chi connectivity index (χ0v) is 12.4. The third-order valence-corrected chi connectivity index (χ3v) is 3.58. The van der Waals surface area contributed by atoms with Crippen LogP contribution in [0.15, 0.2) is 28.7 Å². The molecule has 0 aromatic heterocycles. The van der Waals surface area contributed by atoms with E-state index in [0.29, 0.717) is 12.1 Å². The average Bonchev–Trinajstić information content (AvgIpc) is 2.37. The molecule has 2 atom stereocenters. The van der Waals surface area contributed by atoms with Gasteiger partial charge in [-0.05, 0) is 34.0 Å². The smallest absolute Gasteiger partial charge is 0.326 e. The maximum absolute atomic E-state index is 11.8. The number of carboxylic acid groups (broad SMARTS) is 1. The Kier molecular flexibility index (Phi) is 5.82. The molecule has 1 aromatic rings. The van der Waals surface area contributed by atoms with Gasteiger partial charge in [0, 0.05) is 4.47 Å². The lowest BCUT2D eigenvalue weighted by atomic mass is 9.99. The maximum atomic E-state index is 11.8. The molecule has 5 nitrogen and oxygen atoms in total. The van der Waals surface area contributed by atoms with Gasteiger partial charge in [0.2, 0.25) is 0 Å². The molecular formula is C13H17BrN2O3. The molecule has 0 bridgehead atoms. The lowest BCUT2D eigenvalue weighted by Crippen LogP contribution is -2.46. The van der Waals surface area contributed by atoms with Gasteiger partial charge in [-0.2, -0.15) is 0 Å². The van der Waals surface area contributed by atoms with Crippen LogP contribution < -0.4 is 10.6 Å². The second kappa shape index (κ2) is 7.13. The summed E-state index contributed by atoms with van der Waals surface area (Å²) in [5.41, 5.74) is 0.591. The van der Waals surface area contributed by atoms with E-state index >= 15 is 0 Å². The van der Waals surface area contributed by atoms with E-state index in [1.165, 1.54) is 0 Å². The number of halogens is 1. The Balaban J connectivity index is 2.68. The number of nitrogens with one attached hydrogen (secondary N) is 2. The van der Waals surface area contributed by atoms with E-state index in [9.17, 15) is 9.59 Å². The van der Waals surface area contributed by atoms with Crippen LogP contribution in [-0.2, 0) is 4.79 Å². The first-order chi connectivity index (χ1) is 8.95. The highest BCUT2D eigenvalue weighted by atomic mass is 79.9. The van der Waals surface area contributed by atoms with Crippen molar-refractivity contribution in [2.45, 2.75) is 26.3 Å². The third kappa shape index (κ3) is 4.55. The number of rotatable bonds is 5. The molecule has 19 heavy (non-hydrogen) atoms. The number of amides is 2. The fourth-order valence-electron chi connectivity index (χ4n) is 1.55. The molecule has 0 aliphatic rings. The molecule has 0 radical (unpaired) electrons. The molecule has 1 unspecified atom stereocenters. The van der Waals surface area contributed by atoms with Crippen LogP contribution in [0.2, 0.25) is 0 Å². The van der Waals surface area contributed by atoms with Crippen molar-refractivity contribution in [1.82, 2.24) is 5.32 Å². The van der Waals surface area contributed by atoms with Crippen LogP contribution in [0.5, 0.6) is 0 Å². The molecule has 104 valence electrons. The number of anilines is 1. The summed E-state index contributed by atoms with van der Waals surface area (Å²) in [4.78, 5) is 22.9. The molecule has 0 saturated carbocycles. The Labute approximate surface area is 120 Å². The summed E-state index contributed by atoms with van der Waals surface area (Å²) in [6.07, 6.45) is 0.673. The van der Waals surface area contributed by atoms with Crippen LogP contribution in [0.25, 0.3) is 0 Å². The van der Waals surface area contributed by atoms with E-state index in [1.807, 2.05) is 13.0 Å². The Morgan fingerprint density at radius 2 is 2.00 bits per heavy atom. The number of carbonyl (C=O) groups excluding carboxylic acids is 1. The van der Waals surface area contributed by atoms with Gasteiger partial charge in [0.05, 0.1) is 5.69 Å². The molecule has 0 heterocycles. The van der Waals surface area contributed by atoms with Gasteiger partial charge in [-0.1, -0.05) is 32.4 Å². The summed E-state index contributed by atoms with van der Waals surface area (Å²) in [5, 5.41) is 14.2. The van der Waals surface area contributed by atoms with Crippen molar-refractivity contribution >= 4 is 33.6 Å². The summed E-state index contributed by atoms with van der Waals surface area (Å²) in [5.74, 6) is -1.17. The lowest BCUT2D eigenvalue weighted by Gasteiger charge is -2.20. The van der Waals surface area contributed by atoms with Crippen molar-refractivity contribution in [1.29, 1.82) is 0 Å². The summed E-state index contributed by atoms with van der Waals surface area (Å²) < 4.78 is 0.737. The van der Waals surface area contributed by atoms with Gasteiger partial charge >= 0.3 is 12.0 Å². The molecular weight excluding hydrogens is 312 g/mol. The predicted octanol–water partition coefficient (Wildman–Crippen LogP) is 3.07. The first-order valence-electron chi connectivity index (χ1n) is 6.00. The molecule has 0 aliphatic carbocycles. The summed E-state index contributed by atoms with van der Waals surface area (Å²) in [6, 6.07) is 5.70. The number of hydrogen-bond donors (Lipinski definition) is 3. The third-order valence-electron chi connectivity index (χ3n) is 2.89. The average molecular weight is 329 g/mol. The summed E-state index contributed by atoms with van der Waals surface area (Å²) in [7, 11) is 0. The van der Waals surface area contributed by atoms with Gasteiger partial charge in [0.25, 0.3) is 0 Å². The minimum absolute atomic E-state index is 0.137. The van der Waals surface area contributed by atoms with Crippen LogP contribution in [0.3, 0.4) is 0 Å². The SMILES string of the molecule is CCC(C)[C@H](NC(=O)Nc1ccccc1Br)C(=O)O. The normalized spacial score (nSPS) is 13.4. The van der Waals surface area contributed by atoms with Gasteiger partial charge < -0.3 is 15.7 Å². The van der Waals surface area contributed by atoms with Crippen LogP contribution in [0.4, 0.5) is 10.5 Å². The molecule has 6 heteroatoms. The number of carboxylic acids is 1. The van der Waals surface area contributed by atoms with Crippen LogP contribution in [0.1, 0.15) is 20.3 Å². The van der Waals surface area contributed by atoms with Crippen molar-refractivity contribution in [2.24, 2.45) is 5.92 Å². The van der Waals surface area contributed by atoms with E-state index in [0.717, 1.165) is 4.47 Å². The number of aliphatic carboxylic acids is 1. The number of urea groups is 1. The van der Waals surface area contributed by atoms with E-state index in [1.54, 1.807) is 25.1 Å². The molecule has 1 aromatic carbocycles. The first-order valence-corrected chi connectivity index (χ1v) is 6.79. The van der Waals surface area contributed by atoms with Gasteiger partial charge in [0.1, 0.15) is 6.04 Å². The lowest BCUT2D eigenvalue weighted by molar-refractivity contribution is -0.140. The Morgan fingerprint density at radius 1 is 1.37 bits per heavy atom. The molecule has 3 N–H and O–H groups in total. The minimum Gasteiger partial charge on any atom is -0.480 e. The summed E-state index contributed by atoms with van der Waals surface area (Å²) >= 11 is 3.30. The van der Waals surface area contributed by atoms with Crippen molar-refractivity contribution < 1.29 is 14.7 Å². The molecule has 0 aliphatic heterocycles. The second-order valence-corrected chi connectivity index (χ2v) is 5.13. The predicted molar refractivity (Wildman–Crippen MR) is 77.2 cm³/mol. The zero-order chi connectivity index (χ0) is 14.4. The molecule has 0 spiro atoms. The maximum Gasteiger partial charge on any atom is 0.326 e. The number of hydrogen-bond acceptors (Lipinski definition) is 2.